The Balaban J connectivity index is 2.10. The summed E-state index contributed by atoms with van der Waals surface area (Å²) < 4.78 is 5.62. The SMILES string of the molecule is CCOc1ccc2nc(C)cc(Nc3ccccc3C)c2c1. The molecule has 3 heteroatoms. The van der Waals surface area contributed by atoms with Crippen LogP contribution in [0.4, 0.5) is 11.4 Å². The molecule has 2 aromatic carbocycles. The fraction of sp³-hybridized carbons (Fsp3) is 0.211. The van der Waals surface area contributed by atoms with Crippen LogP contribution in [0.1, 0.15) is 18.2 Å². The Labute approximate surface area is 131 Å². The molecule has 112 valence electrons. The van der Waals surface area contributed by atoms with E-state index in [2.05, 4.69) is 35.4 Å². The zero-order chi connectivity index (χ0) is 15.5. The molecule has 1 N–H and O–H groups in total. The van der Waals surface area contributed by atoms with E-state index in [0.717, 1.165) is 33.7 Å². The normalized spacial score (nSPS) is 10.7. The molecule has 0 aliphatic carbocycles. The molecule has 0 amide bonds. The van der Waals surface area contributed by atoms with Gasteiger partial charge in [-0.25, -0.2) is 0 Å². The molecule has 0 unspecified atom stereocenters. The van der Waals surface area contributed by atoms with E-state index < -0.39 is 0 Å². The highest BCUT2D eigenvalue weighted by Gasteiger charge is 2.07. The summed E-state index contributed by atoms with van der Waals surface area (Å²) in [4.78, 5) is 4.61. The Kier molecular flexibility index (Phi) is 3.96. The Bertz CT molecular complexity index is 812. The number of aryl methyl sites for hydroxylation is 2. The van der Waals surface area contributed by atoms with Gasteiger partial charge in [-0.15, -0.1) is 0 Å². The minimum Gasteiger partial charge on any atom is -0.494 e. The van der Waals surface area contributed by atoms with Crippen LogP contribution in [0.5, 0.6) is 5.75 Å². The van der Waals surface area contributed by atoms with Crippen LogP contribution >= 0.6 is 0 Å². The third kappa shape index (κ3) is 2.89. The Morgan fingerprint density at radius 1 is 1.00 bits per heavy atom. The van der Waals surface area contributed by atoms with E-state index in [1.165, 1.54) is 5.56 Å². The fourth-order valence-electron chi connectivity index (χ4n) is 2.56. The van der Waals surface area contributed by atoms with Crippen molar-refractivity contribution < 1.29 is 4.74 Å². The molecule has 0 bridgehead atoms. The molecule has 0 aliphatic heterocycles. The second-order valence-corrected chi connectivity index (χ2v) is 5.36. The molecule has 0 saturated carbocycles. The van der Waals surface area contributed by atoms with Crippen molar-refractivity contribution in [1.29, 1.82) is 0 Å². The van der Waals surface area contributed by atoms with Gasteiger partial charge in [0.2, 0.25) is 0 Å². The van der Waals surface area contributed by atoms with Crippen LogP contribution in [-0.4, -0.2) is 11.6 Å². The van der Waals surface area contributed by atoms with E-state index >= 15 is 0 Å². The van der Waals surface area contributed by atoms with E-state index in [9.17, 15) is 0 Å². The number of fused-ring (bicyclic) bond motifs is 1. The lowest BCUT2D eigenvalue weighted by Crippen LogP contribution is -1.97. The molecule has 0 radical (unpaired) electrons. The lowest BCUT2D eigenvalue weighted by atomic mass is 10.1. The van der Waals surface area contributed by atoms with Crippen molar-refractivity contribution in [3.05, 3.63) is 59.8 Å². The summed E-state index contributed by atoms with van der Waals surface area (Å²) in [5.74, 6) is 0.869. The summed E-state index contributed by atoms with van der Waals surface area (Å²) in [5, 5.41) is 4.60. The van der Waals surface area contributed by atoms with Crippen LogP contribution in [0.15, 0.2) is 48.5 Å². The van der Waals surface area contributed by atoms with E-state index in [0.29, 0.717) is 6.61 Å². The van der Waals surface area contributed by atoms with E-state index in [-0.39, 0.29) is 0 Å². The zero-order valence-electron chi connectivity index (χ0n) is 13.2. The van der Waals surface area contributed by atoms with Gasteiger partial charge in [0.15, 0.2) is 0 Å². The fourth-order valence-corrected chi connectivity index (χ4v) is 2.56. The van der Waals surface area contributed by atoms with Crippen molar-refractivity contribution in [3.8, 4) is 5.75 Å². The lowest BCUT2D eigenvalue weighted by molar-refractivity contribution is 0.340. The molecule has 22 heavy (non-hydrogen) atoms. The number of nitrogens with one attached hydrogen (secondary N) is 1. The standard InChI is InChI=1S/C19H20N2O/c1-4-22-15-9-10-18-16(12-15)19(11-14(3)20-18)21-17-8-6-5-7-13(17)2/h5-12H,4H2,1-3H3,(H,20,21). The summed E-state index contributed by atoms with van der Waals surface area (Å²) in [5.41, 5.74) is 5.34. The van der Waals surface area contributed by atoms with Gasteiger partial charge in [-0.2, -0.15) is 0 Å². The first-order valence-electron chi connectivity index (χ1n) is 7.54. The lowest BCUT2D eigenvalue weighted by Gasteiger charge is -2.14. The maximum Gasteiger partial charge on any atom is 0.120 e. The number of benzene rings is 2. The van der Waals surface area contributed by atoms with Gasteiger partial charge >= 0.3 is 0 Å². The highest BCUT2D eigenvalue weighted by molar-refractivity contribution is 5.94. The predicted molar refractivity (Wildman–Crippen MR) is 92.1 cm³/mol. The number of pyridine rings is 1. The van der Waals surface area contributed by atoms with Gasteiger partial charge in [-0.05, 0) is 56.7 Å². The number of para-hydroxylation sites is 1. The molecule has 0 atom stereocenters. The molecular weight excluding hydrogens is 272 g/mol. The molecular formula is C19H20N2O. The quantitative estimate of drug-likeness (QED) is 0.735. The third-order valence-corrected chi connectivity index (χ3v) is 3.63. The molecule has 0 saturated heterocycles. The van der Waals surface area contributed by atoms with Crippen molar-refractivity contribution in [2.24, 2.45) is 0 Å². The van der Waals surface area contributed by atoms with Gasteiger partial charge in [0.05, 0.1) is 12.1 Å². The Morgan fingerprint density at radius 3 is 2.59 bits per heavy atom. The second kappa shape index (κ2) is 6.06. The summed E-state index contributed by atoms with van der Waals surface area (Å²) in [7, 11) is 0. The van der Waals surface area contributed by atoms with Crippen molar-refractivity contribution in [2.75, 3.05) is 11.9 Å². The molecule has 0 fully saturated rings. The molecule has 0 spiro atoms. The Hall–Kier alpha value is -2.55. The van der Waals surface area contributed by atoms with Gasteiger partial charge in [0.1, 0.15) is 5.75 Å². The monoisotopic (exact) mass is 292 g/mol. The number of aromatic nitrogens is 1. The molecule has 3 aromatic rings. The maximum atomic E-state index is 5.62. The molecule has 3 rings (SSSR count). The zero-order valence-corrected chi connectivity index (χ0v) is 13.2. The van der Waals surface area contributed by atoms with Crippen LogP contribution in [0, 0.1) is 13.8 Å². The predicted octanol–water partition coefficient (Wildman–Crippen LogP) is 4.99. The largest absolute Gasteiger partial charge is 0.494 e. The van der Waals surface area contributed by atoms with E-state index in [1.807, 2.05) is 44.2 Å². The number of ether oxygens (including phenoxy) is 1. The van der Waals surface area contributed by atoms with Crippen LogP contribution in [-0.2, 0) is 0 Å². The number of hydrogen-bond acceptors (Lipinski definition) is 3. The third-order valence-electron chi connectivity index (χ3n) is 3.63. The van der Waals surface area contributed by atoms with Crippen LogP contribution in [0.2, 0.25) is 0 Å². The van der Waals surface area contributed by atoms with Gasteiger partial charge < -0.3 is 10.1 Å². The van der Waals surface area contributed by atoms with E-state index in [4.69, 9.17) is 4.74 Å². The van der Waals surface area contributed by atoms with Crippen molar-refractivity contribution >= 4 is 22.3 Å². The summed E-state index contributed by atoms with van der Waals surface area (Å²) in [6.45, 7) is 6.76. The van der Waals surface area contributed by atoms with Crippen LogP contribution in [0.3, 0.4) is 0 Å². The van der Waals surface area contributed by atoms with Crippen molar-refractivity contribution in [3.63, 3.8) is 0 Å². The highest BCUT2D eigenvalue weighted by atomic mass is 16.5. The summed E-state index contributed by atoms with van der Waals surface area (Å²) in [6.07, 6.45) is 0. The maximum absolute atomic E-state index is 5.62. The van der Waals surface area contributed by atoms with Crippen molar-refractivity contribution in [1.82, 2.24) is 4.98 Å². The highest BCUT2D eigenvalue weighted by Crippen LogP contribution is 2.30. The minimum atomic E-state index is 0.658. The molecule has 0 aliphatic rings. The Morgan fingerprint density at radius 2 is 1.82 bits per heavy atom. The van der Waals surface area contributed by atoms with Gasteiger partial charge in [0.25, 0.3) is 0 Å². The summed E-state index contributed by atoms with van der Waals surface area (Å²) in [6, 6.07) is 16.4. The average molecular weight is 292 g/mol. The smallest absolute Gasteiger partial charge is 0.120 e. The molecule has 1 aromatic heterocycles. The minimum absolute atomic E-state index is 0.658. The number of rotatable bonds is 4. The number of anilines is 2. The first kappa shape index (κ1) is 14.4. The molecule has 3 nitrogen and oxygen atoms in total. The first-order chi connectivity index (χ1) is 10.7. The second-order valence-electron chi connectivity index (χ2n) is 5.36. The van der Waals surface area contributed by atoms with Gasteiger partial charge in [0, 0.05) is 22.5 Å². The van der Waals surface area contributed by atoms with Crippen LogP contribution < -0.4 is 10.1 Å². The number of nitrogens with zero attached hydrogens (tertiary/aromatic N) is 1. The average Bonchev–Trinajstić information content (AvgIpc) is 2.50. The topological polar surface area (TPSA) is 34.1 Å². The number of hydrogen-bond donors (Lipinski definition) is 1. The van der Waals surface area contributed by atoms with Gasteiger partial charge in [-0.1, -0.05) is 18.2 Å². The molecule has 1 heterocycles. The van der Waals surface area contributed by atoms with Crippen molar-refractivity contribution in [2.45, 2.75) is 20.8 Å². The van der Waals surface area contributed by atoms with Gasteiger partial charge in [-0.3, -0.25) is 4.98 Å². The van der Waals surface area contributed by atoms with E-state index in [1.54, 1.807) is 0 Å². The van der Waals surface area contributed by atoms with Crippen LogP contribution in [0.25, 0.3) is 10.9 Å². The summed E-state index contributed by atoms with van der Waals surface area (Å²) >= 11 is 0. The first-order valence-corrected chi connectivity index (χ1v) is 7.54.